The molecule has 0 aliphatic heterocycles. The van der Waals surface area contributed by atoms with E-state index in [4.69, 9.17) is 4.74 Å². The summed E-state index contributed by atoms with van der Waals surface area (Å²) >= 11 is 0. The Morgan fingerprint density at radius 3 is 0.924 bits per heavy atom. The second kappa shape index (κ2) is 56.4. The molecule has 0 radical (unpaired) electrons. The van der Waals surface area contributed by atoms with Crippen molar-refractivity contribution in [2.24, 2.45) is 0 Å². The summed E-state index contributed by atoms with van der Waals surface area (Å²) in [6.45, 7) is 4.97. The molecule has 6 heteroatoms. The van der Waals surface area contributed by atoms with E-state index in [1.165, 1.54) is 276 Å². The van der Waals surface area contributed by atoms with Crippen LogP contribution in [-0.4, -0.2) is 47.4 Å². The average molecular weight is 935 g/mol. The molecule has 2 unspecified atom stereocenters. The minimum absolute atomic E-state index is 0.0170. The number of esters is 1. The number of aliphatic hydroxyl groups is 2. The van der Waals surface area contributed by atoms with Gasteiger partial charge in [-0.05, 0) is 25.7 Å². The van der Waals surface area contributed by atoms with Gasteiger partial charge in [-0.1, -0.05) is 309 Å². The lowest BCUT2D eigenvalue weighted by molar-refractivity contribution is -0.143. The fourth-order valence-electron chi connectivity index (χ4n) is 9.76. The molecule has 2 atom stereocenters. The highest BCUT2D eigenvalue weighted by molar-refractivity contribution is 5.76. The number of amides is 1. The van der Waals surface area contributed by atoms with Crippen molar-refractivity contribution in [1.29, 1.82) is 0 Å². The Morgan fingerprint density at radius 1 is 0.364 bits per heavy atom. The average Bonchev–Trinajstić information content (AvgIpc) is 3.32. The number of ether oxygens (including phenoxy) is 1. The van der Waals surface area contributed by atoms with Crippen LogP contribution in [-0.2, 0) is 14.3 Å². The van der Waals surface area contributed by atoms with Crippen molar-refractivity contribution >= 4 is 11.9 Å². The van der Waals surface area contributed by atoms with Gasteiger partial charge in [0.25, 0.3) is 0 Å². The largest absolute Gasteiger partial charge is 0.466 e. The molecular formula is C60H119NO5. The predicted molar refractivity (Wildman–Crippen MR) is 287 cm³/mol. The van der Waals surface area contributed by atoms with E-state index in [2.05, 4.69) is 19.2 Å². The molecule has 0 heterocycles. The minimum atomic E-state index is -0.662. The molecule has 0 aliphatic rings. The normalized spacial score (nSPS) is 12.5. The SMILES string of the molecule is CCCCCCCCCCCCCCCCCC(=O)OCCCCCCCCCCCCCCCCCCCCCCCCC(=O)NC(CO)C(O)CCCCCCCCCCCCCC. The fourth-order valence-corrected chi connectivity index (χ4v) is 9.76. The maximum absolute atomic E-state index is 12.5. The fraction of sp³-hybridized carbons (Fsp3) is 0.967. The van der Waals surface area contributed by atoms with Gasteiger partial charge in [0.2, 0.25) is 5.91 Å². The van der Waals surface area contributed by atoms with E-state index < -0.39 is 12.1 Å². The van der Waals surface area contributed by atoms with Gasteiger partial charge in [0.05, 0.1) is 25.4 Å². The molecule has 0 fully saturated rings. The highest BCUT2D eigenvalue weighted by Crippen LogP contribution is 2.18. The number of unbranched alkanes of at least 4 members (excludes halogenated alkanes) is 46. The highest BCUT2D eigenvalue weighted by atomic mass is 16.5. The number of carbonyl (C=O) groups is 2. The molecule has 0 aromatic rings. The number of hydrogen-bond donors (Lipinski definition) is 3. The van der Waals surface area contributed by atoms with E-state index in [1.54, 1.807) is 0 Å². The first-order valence-corrected chi connectivity index (χ1v) is 30.3. The molecule has 0 aliphatic carbocycles. The highest BCUT2D eigenvalue weighted by Gasteiger charge is 2.20. The second-order valence-electron chi connectivity index (χ2n) is 21.1. The van der Waals surface area contributed by atoms with Gasteiger partial charge in [0.15, 0.2) is 0 Å². The van der Waals surface area contributed by atoms with Crippen LogP contribution in [0.2, 0.25) is 0 Å². The van der Waals surface area contributed by atoms with Gasteiger partial charge >= 0.3 is 5.97 Å². The Hall–Kier alpha value is -1.14. The lowest BCUT2D eigenvalue weighted by atomic mass is 10.0. The Morgan fingerprint density at radius 2 is 0.621 bits per heavy atom. The summed E-state index contributed by atoms with van der Waals surface area (Å²) in [5.74, 6) is -0.0165. The summed E-state index contributed by atoms with van der Waals surface area (Å²) in [6.07, 6.45) is 65.4. The molecule has 0 rings (SSSR count). The van der Waals surface area contributed by atoms with Gasteiger partial charge in [-0.2, -0.15) is 0 Å². The number of hydrogen-bond acceptors (Lipinski definition) is 5. The lowest BCUT2D eigenvalue weighted by Gasteiger charge is -2.22. The van der Waals surface area contributed by atoms with Crippen LogP contribution in [0, 0.1) is 0 Å². The predicted octanol–water partition coefficient (Wildman–Crippen LogP) is 18.7. The number of aliphatic hydroxyl groups excluding tert-OH is 2. The van der Waals surface area contributed by atoms with Crippen molar-refractivity contribution in [3.63, 3.8) is 0 Å². The third-order valence-corrected chi connectivity index (χ3v) is 14.4. The topological polar surface area (TPSA) is 95.9 Å². The van der Waals surface area contributed by atoms with Crippen LogP contribution in [0.15, 0.2) is 0 Å². The summed E-state index contributed by atoms with van der Waals surface area (Å²) in [6, 6.07) is -0.539. The van der Waals surface area contributed by atoms with E-state index in [9.17, 15) is 19.8 Å². The maximum Gasteiger partial charge on any atom is 0.305 e. The molecule has 66 heavy (non-hydrogen) atoms. The van der Waals surface area contributed by atoms with E-state index in [0.29, 0.717) is 25.9 Å². The van der Waals surface area contributed by atoms with E-state index in [1.807, 2.05) is 0 Å². The maximum atomic E-state index is 12.5. The molecule has 0 bridgehead atoms. The Labute approximate surface area is 413 Å². The van der Waals surface area contributed by atoms with Crippen molar-refractivity contribution < 1.29 is 24.5 Å². The van der Waals surface area contributed by atoms with Crippen molar-refractivity contribution in [3.05, 3.63) is 0 Å². The van der Waals surface area contributed by atoms with Gasteiger partial charge in [0, 0.05) is 12.8 Å². The van der Waals surface area contributed by atoms with E-state index in [0.717, 1.165) is 38.5 Å². The molecule has 0 saturated heterocycles. The molecule has 3 N–H and O–H groups in total. The van der Waals surface area contributed by atoms with E-state index in [-0.39, 0.29) is 18.5 Å². The van der Waals surface area contributed by atoms with Crippen LogP contribution in [0.1, 0.15) is 348 Å². The van der Waals surface area contributed by atoms with Gasteiger partial charge in [-0.3, -0.25) is 9.59 Å². The van der Waals surface area contributed by atoms with Crippen LogP contribution < -0.4 is 5.32 Å². The standard InChI is InChI=1S/C60H119NO5/c1-3-5-7-9-11-13-15-17-26-30-34-38-42-46-50-54-60(65)66-55-51-47-43-39-35-31-28-25-23-21-19-18-20-22-24-27-29-33-37-41-45-49-53-59(64)61-57(56-62)58(63)52-48-44-40-36-32-16-14-12-10-8-6-4-2/h57-58,62-63H,3-56H2,1-2H3,(H,61,64). The first-order valence-electron chi connectivity index (χ1n) is 30.3. The summed E-state index contributed by atoms with van der Waals surface area (Å²) in [7, 11) is 0. The molecule has 0 saturated carbocycles. The number of nitrogens with one attached hydrogen (secondary N) is 1. The van der Waals surface area contributed by atoms with Crippen molar-refractivity contribution in [3.8, 4) is 0 Å². The molecule has 0 aromatic carbocycles. The van der Waals surface area contributed by atoms with E-state index >= 15 is 0 Å². The van der Waals surface area contributed by atoms with Crippen LogP contribution >= 0.6 is 0 Å². The zero-order valence-electron chi connectivity index (χ0n) is 45.0. The number of rotatable bonds is 57. The quantitative estimate of drug-likeness (QED) is 0.0417. The summed E-state index contributed by atoms with van der Waals surface area (Å²) < 4.78 is 5.49. The van der Waals surface area contributed by atoms with Crippen LogP contribution in [0.4, 0.5) is 0 Å². The Bertz CT molecular complexity index is 944. The zero-order valence-corrected chi connectivity index (χ0v) is 45.0. The minimum Gasteiger partial charge on any atom is -0.466 e. The molecular weight excluding hydrogens is 815 g/mol. The Kier molecular flexibility index (Phi) is 55.5. The van der Waals surface area contributed by atoms with Gasteiger partial charge < -0.3 is 20.3 Å². The Balaban J connectivity index is 3.34. The molecule has 0 spiro atoms. The molecule has 0 aromatic heterocycles. The number of carbonyl (C=O) groups excluding carboxylic acids is 2. The smallest absolute Gasteiger partial charge is 0.305 e. The van der Waals surface area contributed by atoms with Crippen molar-refractivity contribution in [2.75, 3.05) is 13.2 Å². The first kappa shape index (κ1) is 64.9. The van der Waals surface area contributed by atoms with Crippen LogP contribution in [0.5, 0.6) is 0 Å². The van der Waals surface area contributed by atoms with Gasteiger partial charge in [0.1, 0.15) is 0 Å². The zero-order chi connectivity index (χ0) is 47.9. The van der Waals surface area contributed by atoms with Crippen molar-refractivity contribution in [1.82, 2.24) is 5.32 Å². The summed E-state index contributed by atoms with van der Waals surface area (Å²) in [5.41, 5.74) is 0. The third kappa shape index (κ3) is 52.2. The molecule has 1 amide bonds. The summed E-state index contributed by atoms with van der Waals surface area (Å²) in [4.78, 5) is 24.5. The van der Waals surface area contributed by atoms with Gasteiger partial charge in [-0.15, -0.1) is 0 Å². The monoisotopic (exact) mass is 934 g/mol. The van der Waals surface area contributed by atoms with Crippen molar-refractivity contribution in [2.45, 2.75) is 360 Å². The van der Waals surface area contributed by atoms with Crippen LogP contribution in [0.3, 0.4) is 0 Å². The lowest BCUT2D eigenvalue weighted by Crippen LogP contribution is -2.45. The molecule has 394 valence electrons. The molecule has 6 nitrogen and oxygen atoms in total. The first-order chi connectivity index (χ1) is 32.5. The third-order valence-electron chi connectivity index (χ3n) is 14.4. The summed E-state index contributed by atoms with van der Waals surface area (Å²) in [5, 5.41) is 23.2. The second-order valence-corrected chi connectivity index (χ2v) is 21.1. The van der Waals surface area contributed by atoms with Crippen LogP contribution in [0.25, 0.3) is 0 Å². The van der Waals surface area contributed by atoms with Gasteiger partial charge in [-0.25, -0.2) is 0 Å².